The molecule has 1 aliphatic rings. The van der Waals surface area contributed by atoms with Crippen molar-refractivity contribution in [2.45, 2.75) is 32.6 Å². The van der Waals surface area contributed by atoms with Crippen molar-refractivity contribution in [1.29, 1.82) is 0 Å². The van der Waals surface area contributed by atoms with Gasteiger partial charge in [0.05, 0.1) is 5.56 Å². The summed E-state index contributed by atoms with van der Waals surface area (Å²) in [4.78, 5) is 10.7. The van der Waals surface area contributed by atoms with Crippen LogP contribution >= 0.6 is 0 Å². The van der Waals surface area contributed by atoms with Crippen molar-refractivity contribution in [3.05, 3.63) is 29.8 Å². The summed E-state index contributed by atoms with van der Waals surface area (Å²) in [5.41, 5.74) is 1.35. The first kappa shape index (κ1) is 12.9. The first-order chi connectivity index (χ1) is 8.65. The van der Waals surface area contributed by atoms with Gasteiger partial charge >= 0.3 is 5.97 Å². The van der Waals surface area contributed by atoms with E-state index in [0.717, 1.165) is 24.1 Å². The fourth-order valence-electron chi connectivity index (χ4n) is 2.74. The van der Waals surface area contributed by atoms with E-state index in [-0.39, 0.29) is 0 Å². The number of hydrogen-bond donors (Lipinski definition) is 2. The lowest BCUT2D eigenvalue weighted by atomic mass is 9.82. The Morgan fingerprint density at radius 2 is 2.06 bits per heavy atom. The zero-order valence-electron chi connectivity index (χ0n) is 10.9. The molecular weight excluding hydrogens is 226 g/mol. The monoisotopic (exact) mass is 247 g/mol. The van der Waals surface area contributed by atoms with Gasteiger partial charge in [0.2, 0.25) is 0 Å². The lowest BCUT2D eigenvalue weighted by Gasteiger charge is -2.27. The lowest BCUT2D eigenvalue weighted by Crippen LogP contribution is -2.20. The van der Waals surface area contributed by atoms with E-state index in [1.54, 1.807) is 12.1 Å². The summed E-state index contributed by atoms with van der Waals surface area (Å²) in [6.45, 7) is 3.32. The molecule has 0 aromatic heterocycles. The van der Waals surface area contributed by atoms with Gasteiger partial charge < -0.3 is 10.4 Å². The summed E-state index contributed by atoms with van der Waals surface area (Å²) in [5, 5.41) is 12.2. The fraction of sp³-hybridized carbons (Fsp3) is 0.533. The van der Waals surface area contributed by atoms with E-state index in [1.807, 2.05) is 12.1 Å². The second-order valence-electron chi connectivity index (χ2n) is 5.40. The van der Waals surface area contributed by atoms with Crippen molar-refractivity contribution in [3.63, 3.8) is 0 Å². The first-order valence-corrected chi connectivity index (χ1v) is 6.72. The minimum atomic E-state index is -0.873. The highest BCUT2D eigenvalue weighted by molar-refractivity contribution is 5.87. The number of benzene rings is 1. The Labute approximate surface area is 108 Å². The van der Waals surface area contributed by atoms with Crippen molar-refractivity contribution < 1.29 is 9.90 Å². The quantitative estimate of drug-likeness (QED) is 0.854. The van der Waals surface area contributed by atoms with Gasteiger partial charge in [-0.2, -0.15) is 0 Å². The van der Waals surface area contributed by atoms with Crippen LogP contribution in [0.5, 0.6) is 0 Å². The van der Waals surface area contributed by atoms with Crippen LogP contribution in [0.15, 0.2) is 24.3 Å². The molecule has 0 amide bonds. The highest BCUT2D eigenvalue weighted by atomic mass is 16.4. The van der Waals surface area contributed by atoms with E-state index in [4.69, 9.17) is 5.11 Å². The number of carboxylic acids is 1. The Bertz CT molecular complexity index is 399. The lowest BCUT2D eigenvalue weighted by molar-refractivity contribution is 0.0697. The average Bonchev–Trinajstić information content (AvgIpc) is 2.37. The summed E-state index contributed by atoms with van der Waals surface area (Å²) in [6, 6.07) is 6.98. The molecule has 3 nitrogen and oxygen atoms in total. The Kier molecular flexibility index (Phi) is 4.24. The van der Waals surface area contributed by atoms with Crippen LogP contribution in [0.1, 0.15) is 43.0 Å². The van der Waals surface area contributed by atoms with Gasteiger partial charge in [0.25, 0.3) is 0 Å². The highest BCUT2D eigenvalue weighted by Gasteiger charge is 2.18. The average molecular weight is 247 g/mol. The number of hydrogen-bond acceptors (Lipinski definition) is 2. The molecule has 0 radical (unpaired) electrons. The second-order valence-corrected chi connectivity index (χ2v) is 5.40. The Hall–Kier alpha value is -1.51. The van der Waals surface area contributed by atoms with Gasteiger partial charge in [0.15, 0.2) is 0 Å². The minimum absolute atomic E-state index is 0.340. The number of rotatable bonds is 4. The van der Waals surface area contributed by atoms with Gasteiger partial charge in [-0.15, -0.1) is 0 Å². The summed E-state index contributed by atoms with van der Waals surface area (Å²) in [6.07, 6.45) is 5.32. The van der Waals surface area contributed by atoms with Crippen LogP contribution in [0.4, 0.5) is 5.69 Å². The van der Waals surface area contributed by atoms with Crippen LogP contribution in [0.25, 0.3) is 0 Å². The number of aromatic carboxylic acids is 1. The van der Waals surface area contributed by atoms with Gasteiger partial charge in [0, 0.05) is 12.2 Å². The maximum absolute atomic E-state index is 10.7. The molecule has 1 saturated carbocycles. The first-order valence-electron chi connectivity index (χ1n) is 6.72. The summed E-state index contributed by atoms with van der Waals surface area (Å²) < 4.78 is 0. The van der Waals surface area contributed by atoms with Crippen LogP contribution in [-0.2, 0) is 0 Å². The van der Waals surface area contributed by atoms with Crippen LogP contribution in [0, 0.1) is 11.8 Å². The molecule has 0 bridgehead atoms. The van der Waals surface area contributed by atoms with Crippen LogP contribution in [0.2, 0.25) is 0 Å². The standard InChI is InChI=1S/C15H21NO2/c1-11-3-2-4-12(9-11)10-16-14-7-5-13(6-8-14)15(17)18/h5-8,11-12,16H,2-4,9-10H2,1H3,(H,17,18). The maximum Gasteiger partial charge on any atom is 0.335 e. The third-order valence-electron chi connectivity index (χ3n) is 3.77. The van der Waals surface area contributed by atoms with Crippen molar-refractivity contribution in [2.75, 3.05) is 11.9 Å². The van der Waals surface area contributed by atoms with Gasteiger partial charge in [-0.1, -0.05) is 19.8 Å². The predicted molar refractivity (Wildman–Crippen MR) is 73.0 cm³/mol. The topological polar surface area (TPSA) is 49.3 Å². The van der Waals surface area contributed by atoms with Crippen molar-refractivity contribution in [3.8, 4) is 0 Å². The number of nitrogens with one attached hydrogen (secondary N) is 1. The summed E-state index contributed by atoms with van der Waals surface area (Å²) >= 11 is 0. The Morgan fingerprint density at radius 3 is 2.67 bits per heavy atom. The van der Waals surface area contributed by atoms with E-state index in [1.165, 1.54) is 25.7 Å². The number of anilines is 1. The molecule has 0 aliphatic heterocycles. The third-order valence-corrected chi connectivity index (χ3v) is 3.77. The van der Waals surface area contributed by atoms with Gasteiger partial charge in [0.1, 0.15) is 0 Å². The Balaban J connectivity index is 1.84. The zero-order chi connectivity index (χ0) is 13.0. The van der Waals surface area contributed by atoms with Crippen molar-refractivity contribution in [1.82, 2.24) is 0 Å². The number of carbonyl (C=O) groups is 1. The second kappa shape index (κ2) is 5.89. The van der Waals surface area contributed by atoms with Crippen molar-refractivity contribution in [2.24, 2.45) is 11.8 Å². The molecular formula is C15H21NO2. The summed E-state index contributed by atoms with van der Waals surface area (Å²) in [7, 11) is 0. The minimum Gasteiger partial charge on any atom is -0.478 e. The van der Waals surface area contributed by atoms with Crippen molar-refractivity contribution >= 4 is 11.7 Å². The zero-order valence-corrected chi connectivity index (χ0v) is 10.9. The molecule has 0 spiro atoms. The predicted octanol–water partition coefficient (Wildman–Crippen LogP) is 3.62. The molecule has 1 fully saturated rings. The molecule has 1 aliphatic carbocycles. The smallest absolute Gasteiger partial charge is 0.335 e. The largest absolute Gasteiger partial charge is 0.478 e. The Morgan fingerprint density at radius 1 is 1.33 bits per heavy atom. The molecule has 1 aromatic rings. The molecule has 98 valence electrons. The molecule has 2 atom stereocenters. The van der Waals surface area contributed by atoms with Gasteiger partial charge in [-0.05, 0) is 48.9 Å². The normalized spacial score (nSPS) is 23.6. The van der Waals surface area contributed by atoms with E-state index in [0.29, 0.717) is 5.56 Å². The molecule has 18 heavy (non-hydrogen) atoms. The van der Waals surface area contributed by atoms with E-state index < -0.39 is 5.97 Å². The molecule has 0 saturated heterocycles. The molecule has 3 heteroatoms. The van der Waals surface area contributed by atoms with E-state index in [9.17, 15) is 4.79 Å². The van der Waals surface area contributed by atoms with E-state index >= 15 is 0 Å². The molecule has 1 aromatic carbocycles. The van der Waals surface area contributed by atoms with Crippen LogP contribution in [0.3, 0.4) is 0 Å². The molecule has 2 N–H and O–H groups in total. The molecule has 2 rings (SSSR count). The summed E-state index contributed by atoms with van der Waals surface area (Å²) in [5.74, 6) is 0.732. The van der Waals surface area contributed by atoms with Crippen LogP contribution in [-0.4, -0.2) is 17.6 Å². The third kappa shape index (κ3) is 3.49. The fourth-order valence-corrected chi connectivity index (χ4v) is 2.74. The SMILES string of the molecule is CC1CCCC(CNc2ccc(C(=O)O)cc2)C1. The maximum atomic E-state index is 10.7. The highest BCUT2D eigenvalue weighted by Crippen LogP contribution is 2.28. The van der Waals surface area contributed by atoms with Crippen LogP contribution < -0.4 is 5.32 Å². The van der Waals surface area contributed by atoms with Gasteiger partial charge in [-0.3, -0.25) is 0 Å². The van der Waals surface area contributed by atoms with Gasteiger partial charge in [-0.25, -0.2) is 4.79 Å². The molecule has 2 unspecified atom stereocenters. The van der Waals surface area contributed by atoms with E-state index in [2.05, 4.69) is 12.2 Å². The number of carboxylic acid groups (broad SMARTS) is 1. The molecule has 0 heterocycles.